The molecule has 0 saturated heterocycles. The van der Waals surface area contributed by atoms with Crippen LogP contribution >= 0.6 is 0 Å². The summed E-state index contributed by atoms with van der Waals surface area (Å²) in [4.78, 5) is 14.5. The molecule has 98 valence electrons. The van der Waals surface area contributed by atoms with Crippen LogP contribution in [0.15, 0.2) is 18.3 Å². The summed E-state index contributed by atoms with van der Waals surface area (Å²) in [5, 5.41) is 21.8. The van der Waals surface area contributed by atoms with E-state index in [1.54, 1.807) is 6.07 Å². The van der Waals surface area contributed by atoms with Crippen molar-refractivity contribution in [2.75, 3.05) is 11.9 Å². The number of aromatic carboxylic acids is 1. The highest BCUT2D eigenvalue weighted by atomic mass is 16.4. The number of anilines is 1. The van der Waals surface area contributed by atoms with Gasteiger partial charge in [-0.15, -0.1) is 0 Å². The van der Waals surface area contributed by atoms with Gasteiger partial charge >= 0.3 is 5.97 Å². The Balaban J connectivity index is 1.87. The lowest BCUT2D eigenvalue weighted by atomic mass is 9.86. The van der Waals surface area contributed by atoms with Crippen molar-refractivity contribution in [2.24, 2.45) is 5.92 Å². The molecule has 0 radical (unpaired) electrons. The second-order valence-electron chi connectivity index (χ2n) is 4.73. The third kappa shape index (κ3) is 3.20. The van der Waals surface area contributed by atoms with Crippen molar-refractivity contribution in [3.05, 3.63) is 24.0 Å². The molecule has 5 heteroatoms. The fourth-order valence-corrected chi connectivity index (χ4v) is 2.30. The maximum Gasteiger partial charge on any atom is 0.354 e. The number of nitrogens with zero attached hydrogens (tertiary/aromatic N) is 1. The van der Waals surface area contributed by atoms with E-state index in [0.29, 0.717) is 6.54 Å². The van der Waals surface area contributed by atoms with E-state index in [-0.39, 0.29) is 17.7 Å². The third-order valence-corrected chi connectivity index (χ3v) is 3.42. The van der Waals surface area contributed by atoms with Crippen molar-refractivity contribution in [3.63, 3.8) is 0 Å². The highest BCUT2D eigenvalue weighted by Gasteiger charge is 2.22. The Hall–Kier alpha value is -1.62. The Morgan fingerprint density at radius 3 is 2.78 bits per heavy atom. The highest BCUT2D eigenvalue weighted by Crippen LogP contribution is 2.24. The van der Waals surface area contributed by atoms with Gasteiger partial charge in [-0.05, 0) is 25.0 Å². The van der Waals surface area contributed by atoms with Crippen molar-refractivity contribution in [2.45, 2.75) is 31.8 Å². The van der Waals surface area contributed by atoms with Crippen LogP contribution in [0.2, 0.25) is 0 Å². The molecule has 5 nitrogen and oxygen atoms in total. The van der Waals surface area contributed by atoms with Gasteiger partial charge in [0.25, 0.3) is 0 Å². The van der Waals surface area contributed by atoms with Crippen LogP contribution in [0.1, 0.15) is 36.2 Å². The number of rotatable bonds is 4. The minimum Gasteiger partial charge on any atom is -0.477 e. The average Bonchev–Trinajstić information content (AvgIpc) is 2.38. The van der Waals surface area contributed by atoms with E-state index in [9.17, 15) is 9.90 Å². The summed E-state index contributed by atoms with van der Waals surface area (Å²) in [5.41, 5.74) is 0.830. The molecule has 1 aromatic heterocycles. The van der Waals surface area contributed by atoms with E-state index in [2.05, 4.69) is 10.3 Å². The first-order chi connectivity index (χ1) is 8.66. The monoisotopic (exact) mass is 250 g/mol. The molecular formula is C13H18N2O3. The molecule has 2 unspecified atom stereocenters. The maximum absolute atomic E-state index is 10.6. The first kappa shape index (κ1) is 12.8. The molecule has 1 aliphatic carbocycles. The number of aliphatic hydroxyl groups excluding tert-OH is 1. The van der Waals surface area contributed by atoms with Gasteiger partial charge in [-0.2, -0.15) is 0 Å². The number of carboxylic acids is 1. The fourth-order valence-electron chi connectivity index (χ4n) is 2.30. The number of pyridine rings is 1. The van der Waals surface area contributed by atoms with Gasteiger partial charge in [0.1, 0.15) is 5.69 Å². The number of nitrogens with one attached hydrogen (secondary N) is 1. The molecule has 1 heterocycles. The Morgan fingerprint density at radius 1 is 1.39 bits per heavy atom. The second kappa shape index (κ2) is 5.82. The molecule has 0 spiro atoms. The quantitative estimate of drug-likeness (QED) is 0.758. The minimum absolute atomic E-state index is 0.0400. The summed E-state index contributed by atoms with van der Waals surface area (Å²) < 4.78 is 0. The molecule has 1 aliphatic rings. The van der Waals surface area contributed by atoms with E-state index in [0.717, 1.165) is 24.9 Å². The van der Waals surface area contributed by atoms with Crippen LogP contribution in [0.4, 0.5) is 5.69 Å². The van der Waals surface area contributed by atoms with Gasteiger partial charge in [0.05, 0.1) is 18.0 Å². The molecule has 0 aliphatic heterocycles. The Kier molecular flexibility index (Phi) is 4.15. The SMILES string of the molecule is O=C(O)c1ccc(NCC2CCCCC2O)cn1. The number of carbonyl (C=O) groups is 1. The van der Waals surface area contributed by atoms with Crippen LogP contribution in [0.25, 0.3) is 0 Å². The smallest absolute Gasteiger partial charge is 0.354 e. The van der Waals surface area contributed by atoms with E-state index in [1.165, 1.54) is 18.7 Å². The van der Waals surface area contributed by atoms with Crippen LogP contribution in [0, 0.1) is 5.92 Å². The zero-order valence-corrected chi connectivity index (χ0v) is 10.2. The third-order valence-electron chi connectivity index (χ3n) is 3.42. The van der Waals surface area contributed by atoms with Gasteiger partial charge < -0.3 is 15.5 Å². The van der Waals surface area contributed by atoms with Gasteiger partial charge in [0, 0.05) is 12.5 Å². The van der Waals surface area contributed by atoms with Crippen molar-refractivity contribution < 1.29 is 15.0 Å². The molecule has 2 rings (SSSR count). The number of aromatic nitrogens is 1. The van der Waals surface area contributed by atoms with Crippen molar-refractivity contribution in [1.82, 2.24) is 4.98 Å². The van der Waals surface area contributed by atoms with Crippen LogP contribution in [-0.4, -0.2) is 33.8 Å². The summed E-state index contributed by atoms with van der Waals surface area (Å²) in [6.45, 7) is 0.704. The number of hydrogen-bond donors (Lipinski definition) is 3. The summed E-state index contributed by atoms with van der Waals surface area (Å²) in [6, 6.07) is 3.17. The number of carboxylic acid groups (broad SMARTS) is 1. The van der Waals surface area contributed by atoms with E-state index >= 15 is 0 Å². The molecule has 1 saturated carbocycles. The number of aliphatic hydroxyl groups is 1. The standard InChI is InChI=1S/C13H18N2O3/c16-12-4-2-1-3-9(12)7-14-10-5-6-11(13(17)18)15-8-10/h5-6,8-9,12,14,16H,1-4,7H2,(H,17,18). The van der Waals surface area contributed by atoms with Gasteiger partial charge in [0.15, 0.2) is 0 Å². The Labute approximate surface area is 106 Å². The van der Waals surface area contributed by atoms with Gasteiger partial charge in [-0.25, -0.2) is 9.78 Å². The largest absolute Gasteiger partial charge is 0.477 e. The minimum atomic E-state index is -1.02. The van der Waals surface area contributed by atoms with Crippen molar-refractivity contribution >= 4 is 11.7 Å². The Bertz CT molecular complexity index is 405. The van der Waals surface area contributed by atoms with E-state index in [4.69, 9.17) is 5.11 Å². The lowest BCUT2D eigenvalue weighted by Crippen LogP contribution is -2.30. The molecule has 0 bridgehead atoms. The lowest BCUT2D eigenvalue weighted by molar-refractivity contribution is 0.0690. The summed E-state index contributed by atoms with van der Waals surface area (Å²) in [5.74, 6) is -0.748. The second-order valence-corrected chi connectivity index (χ2v) is 4.73. The Morgan fingerprint density at radius 2 is 2.17 bits per heavy atom. The van der Waals surface area contributed by atoms with Crippen LogP contribution in [0.5, 0.6) is 0 Å². The zero-order chi connectivity index (χ0) is 13.0. The molecule has 0 aromatic carbocycles. The predicted molar refractivity (Wildman–Crippen MR) is 67.7 cm³/mol. The average molecular weight is 250 g/mol. The molecule has 1 aromatic rings. The summed E-state index contributed by atoms with van der Waals surface area (Å²) in [7, 11) is 0. The molecule has 18 heavy (non-hydrogen) atoms. The zero-order valence-electron chi connectivity index (χ0n) is 10.2. The van der Waals surface area contributed by atoms with E-state index in [1.807, 2.05) is 0 Å². The molecule has 3 N–H and O–H groups in total. The van der Waals surface area contributed by atoms with Crippen LogP contribution in [0.3, 0.4) is 0 Å². The van der Waals surface area contributed by atoms with Crippen LogP contribution in [-0.2, 0) is 0 Å². The molecular weight excluding hydrogens is 232 g/mol. The summed E-state index contributed by atoms with van der Waals surface area (Å²) >= 11 is 0. The predicted octanol–water partition coefficient (Wildman–Crippen LogP) is 1.74. The fraction of sp³-hybridized carbons (Fsp3) is 0.538. The first-order valence-electron chi connectivity index (χ1n) is 6.28. The topological polar surface area (TPSA) is 82.5 Å². The van der Waals surface area contributed by atoms with E-state index < -0.39 is 5.97 Å². The van der Waals surface area contributed by atoms with Gasteiger partial charge in [0.2, 0.25) is 0 Å². The van der Waals surface area contributed by atoms with Crippen LogP contribution < -0.4 is 5.32 Å². The lowest BCUT2D eigenvalue weighted by Gasteiger charge is -2.27. The van der Waals surface area contributed by atoms with Crippen molar-refractivity contribution in [3.8, 4) is 0 Å². The molecule has 1 fully saturated rings. The normalized spacial score (nSPS) is 23.6. The maximum atomic E-state index is 10.6. The first-order valence-corrected chi connectivity index (χ1v) is 6.28. The van der Waals surface area contributed by atoms with Gasteiger partial charge in [-0.3, -0.25) is 0 Å². The van der Waals surface area contributed by atoms with Crippen molar-refractivity contribution in [1.29, 1.82) is 0 Å². The highest BCUT2D eigenvalue weighted by molar-refractivity contribution is 5.85. The summed E-state index contributed by atoms with van der Waals surface area (Å²) in [6.07, 6.45) is 5.47. The molecule has 0 amide bonds. The number of hydrogen-bond acceptors (Lipinski definition) is 4. The molecule has 2 atom stereocenters. The van der Waals surface area contributed by atoms with Gasteiger partial charge in [-0.1, -0.05) is 12.8 Å².